The van der Waals surface area contributed by atoms with E-state index >= 15 is 0 Å². The molecule has 0 aromatic rings. The monoisotopic (exact) mass is 809 g/mol. The lowest BCUT2D eigenvalue weighted by molar-refractivity contribution is -0.161. The first-order valence-corrected chi connectivity index (χ1v) is 24.5. The van der Waals surface area contributed by atoms with Crippen LogP contribution in [0.15, 0.2) is 48.6 Å². The number of phosphoric acid groups is 1. The van der Waals surface area contributed by atoms with Crippen LogP contribution in [0.5, 0.6) is 0 Å². The van der Waals surface area contributed by atoms with E-state index in [-0.39, 0.29) is 19.4 Å². The molecule has 0 bridgehead atoms. The fraction of sp³-hybridized carbons (Fsp3) is 0.787. The molecule has 0 unspecified atom stereocenters. The molecule has 0 saturated carbocycles. The second-order valence-corrected chi connectivity index (χ2v) is 16.6. The lowest BCUT2D eigenvalue weighted by Crippen LogP contribution is -2.29. The fourth-order valence-electron chi connectivity index (χ4n) is 6.38. The molecule has 56 heavy (non-hydrogen) atoms. The van der Waals surface area contributed by atoms with Crippen molar-refractivity contribution in [3.8, 4) is 0 Å². The van der Waals surface area contributed by atoms with Crippen LogP contribution in [0.25, 0.3) is 0 Å². The third-order valence-electron chi connectivity index (χ3n) is 9.82. The molecule has 0 saturated heterocycles. The van der Waals surface area contributed by atoms with Crippen molar-refractivity contribution in [1.82, 2.24) is 0 Å². The van der Waals surface area contributed by atoms with Gasteiger partial charge in [0.25, 0.3) is 0 Å². The van der Waals surface area contributed by atoms with Gasteiger partial charge >= 0.3 is 19.8 Å². The maximum atomic E-state index is 12.4. The molecule has 326 valence electrons. The molecule has 0 amide bonds. The van der Waals surface area contributed by atoms with Gasteiger partial charge in [-0.2, -0.15) is 0 Å². The number of hydrogen-bond donors (Lipinski definition) is 2. The first kappa shape index (κ1) is 54.0. The zero-order valence-corrected chi connectivity index (χ0v) is 36.9. The molecule has 0 aliphatic rings. The molecule has 0 aliphatic heterocycles. The van der Waals surface area contributed by atoms with Gasteiger partial charge in [-0.15, -0.1) is 0 Å². The smallest absolute Gasteiger partial charge is 0.462 e. The summed E-state index contributed by atoms with van der Waals surface area (Å²) in [6, 6.07) is 0. The minimum Gasteiger partial charge on any atom is -0.462 e. The maximum absolute atomic E-state index is 12.4. The number of ether oxygens (including phenoxy) is 2. The topological polar surface area (TPSA) is 119 Å². The van der Waals surface area contributed by atoms with Crippen LogP contribution in [0.4, 0.5) is 0 Å². The van der Waals surface area contributed by atoms with Gasteiger partial charge in [0.15, 0.2) is 6.10 Å². The summed E-state index contributed by atoms with van der Waals surface area (Å²) in [4.78, 5) is 43.0. The van der Waals surface area contributed by atoms with Gasteiger partial charge in [-0.25, -0.2) is 4.57 Å². The molecule has 8 nitrogen and oxygen atoms in total. The molecule has 0 rings (SSSR count). The van der Waals surface area contributed by atoms with Gasteiger partial charge < -0.3 is 19.3 Å². The van der Waals surface area contributed by atoms with Crippen molar-refractivity contribution in [3.05, 3.63) is 48.6 Å². The van der Waals surface area contributed by atoms with E-state index in [2.05, 4.69) is 67.0 Å². The summed E-state index contributed by atoms with van der Waals surface area (Å²) >= 11 is 0. The highest BCUT2D eigenvalue weighted by Gasteiger charge is 2.22. The molecule has 0 aliphatic carbocycles. The molecule has 0 fully saturated rings. The van der Waals surface area contributed by atoms with Crippen molar-refractivity contribution in [2.24, 2.45) is 0 Å². The van der Waals surface area contributed by atoms with E-state index in [0.29, 0.717) is 12.8 Å². The Kier molecular flexibility index (Phi) is 41.1. The van der Waals surface area contributed by atoms with E-state index in [9.17, 15) is 14.2 Å². The summed E-state index contributed by atoms with van der Waals surface area (Å²) in [5.41, 5.74) is 0. The summed E-state index contributed by atoms with van der Waals surface area (Å²) < 4.78 is 26.4. The standard InChI is InChI=1S/C47H85O8P/c1-3-5-7-9-11-13-15-17-19-21-22-23-24-26-28-30-32-34-36-38-40-42-47(49)55-45(44-54-56(50,51)52)43-53-46(48)41-39-37-35-33-31-29-27-25-20-18-16-14-12-10-8-6-4-2/h12,14,17-20,27,29,45H,3-11,13,15-16,21-26,28,30-44H2,1-2H3,(H2,50,51,52)/b14-12+,19-17+,20-18+,29-27+/t45-/m1/s1. The Bertz CT molecular complexity index is 1050. The zero-order valence-electron chi connectivity index (χ0n) is 36.0. The van der Waals surface area contributed by atoms with E-state index in [1.807, 2.05) is 0 Å². The molecule has 0 aromatic heterocycles. The molecule has 0 aromatic carbocycles. The average Bonchev–Trinajstić information content (AvgIpc) is 3.17. The number of carbonyl (C=O) groups is 2. The Morgan fingerprint density at radius 2 is 0.804 bits per heavy atom. The second kappa shape index (κ2) is 42.6. The number of hydrogen-bond acceptors (Lipinski definition) is 6. The summed E-state index contributed by atoms with van der Waals surface area (Å²) in [5.74, 6) is -0.907. The largest absolute Gasteiger partial charge is 0.469 e. The van der Waals surface area contributed by atoms with Crippen molar-refractivity contribution in [1.29, 1.82) is 0 Å². The molecule has 2 N–H and O–H groups in total. The SMILES string of the molecule is CCCCC/C=C/C/C=C/C/C=C/CCCCCCC(=O)OC[C@H](COP(=O)(O)O)OC(=O)CCCCCCCCCCCCC/C=C/CCCCCCCC. The van der Waals surface area contributed by atoms with Crippen LogP contribution in [0.1, 0.15) is 219 Å². The van der Waals surface area contributed by atoms with E-state index in [1.165, 1.54) is 122 Å². The lowest BCUT2D eigenvalue weighted by atomic mass is 10.0. The quantitative estimate of drug-likeness (QED) is 0.0271. The van der Waals surface area contributed by atoms with E-state index in [0.717, 1.165) is 57.8 Å². The van der Waals surface area contributed by atoms with E-state index in [4.69, 9.17) is 19.3 Å². The van der Waals surface area contributed by atoms with Crippen LogP contribution in [0, 0.1) is 0 Å². The van der Waals surface area contributed by atoms with Crippen molar-refractivity contribution < 1.29 is 37.9 Å². The third-order valence-corrected chi connectivity index (χ3v) is 10.3. The molecule has 0 heterocycles. The van der Waals surface area contributed by atoms with Crippen molar-refractivity contribution in [3.63, 3.8) is 0 Å². The number of esters is 2. The molecule has 0 spiro atoms. The summed E-state index contributed by atoms with van der Waals surface area (Å²) in [6.07, 6.45) is 52.6. The van der Waals surface area contributed by atoms with Crippen LogP contribution in [0.3, 0.4) is 0 Å². The minimum absolute atomic E-state index is 0.206. The summed E-state index contributed by atoms with van der Waals surface area (Å²) in [7, 11) is -4.76. The van der Waals surface area contributed by atoms with Crippen LogP contribution in [-0.2, 0) is 28.2 Å². The van der Waals surface area contributed by atoms with Gasteiger partial charge in [0, 0.05) is 12.8 Å². The highest BCUT2D eigenvalue weighted by molar-refractivity contribution is 7.46. The van der Waals surface area contributed by atoms with Crippen molar-refractivity contribution in [2.75, 3.05) is 13.2 Å². The predicted molar refractivity (Wildman–Crippen MR) is 234 cm³/mol. The van der Waals surface area contributed by atoms with Gasteiger partial charge in [-0.3, -0.25) is 14.1 Å². The first-order chi connectivity index (χ1) is 27.3. The number of phosphoric ester groups is 1. The highest BCUT2D eigenvalue weighted by Crippen LogP contribution is 2.36. The minimum atomic E-state index is -4.76. The number of allylic oxidation sites excluding steroid dienone is 8. The predicted octanol–water partition coefficient (Wildman–Crippen LogP) is 14.3. The summed E-state index contributed by atoms with van der Waals surface area (Å²) in [5, 5.41) is 0. The fourth-order valence-corrected chi connectivity index (χ4v) is 6.74. The Balaban J connectivity index is 3.90. The second-order valence-electron chi connectivity index (χ2n) is 15.4. The van der Waals surface area contributed by atoms with Gasteiger partial charge in [0.05, 0.1) is 6.61 Å². The van der Waals surface area contributed by atoms with Crippen LogP contribution < -0.4 is 0 Å². The Hall–Kier alpha value is -1.99. The van der Waals surface area contributed by atoms with Gasteiger partial charge in [-0.05, 0) is 77.0 Å². The highest BCUT2D eigenvalue weighted by atomic mass is 31.2. The first-order valence-electron chi connectivity index (χ1n) is 22.9. The summed E-state index contributed by atoms with van der Waals surface area (Å²) in [6.45, 7) is 3.65. The Labute approximate surface area is 344 Å². The van der Waals surface area contributed by atoms with Gasteiger partial charge in [0.2, 0.25) is 0 Å². The van der Waals surface area contributed by atoms with Crippen molar-refractivity contribution in [2.45, 2.75) is 225 Å². The molecular formula is C47H85O8P. The Morgan fingerprint density at radius 1 is 0.464 bits per heavy atom. The molecule has 9 heteroatoms. The van der Waals surface area contributed by atoms with Crippen LogP contribution in [-0.4, -0.2) is 41.0 Å². The number of carbonyl (C=O) groups excluding carboxylic acids is 2. The Morgan fingerprint density at radius 3 is 1.25 bits per heavy atom. The van der Waals surface area contributed by atoms with E-state index < -0.39 is 32.5 Å². The lowest BCUT2D eigenvalue weighted by Gasteiger charge is -2.18. The van der Waals surface area contributed by atoms with Crippen LogP contribution in [0.2, 0.25) is 0 Å². The third kappa shape index (κ3) is 44.7. The normalized spacial score (nSPS) is 12.9. The molecule has 0 radical (unpaired) electrons. The van der Waals surface area contributed by atoms with Gasteiger partial charge in [0.1, 0.15) is 6.61 Å². The van der Waals surface area contributed by atoms with Crippen molar-refractivity contribution >= 4 is 19.8 Å². The number of rotatable bonds is 42. The zero-order chi connectivity index (χ0) is 41.1. The molecular weight excluding hydrogens is 723 g/mol. The van der Waals surface area contributed by atoms with Crippen LogP contribution >= 0.6 is 7.82 Å². The molecule has 1 atom stereocenters. The van der Waals surface area contributed by atoms with Gasteiger partial charge in [-0.1, -0.05) is 178 Å². The van der Waals surface area contributed by atoms with E-state index in [1.54, 1.807) is 0 Å². The average molecular weight is 809 g/mol. The number of unbranched alkanes of at least 4 members (excludes halogenated alkanes) is 24. The maximum Gasteiger partial charge on any atom is 0.469 e.